The zero-order valence-electron chi connectivity index (χ0n) is 15.6. The summed E-state index contributed by atoms with van der Waals surface area (Å²) in [5, 5.41) is 18.4. The molecular weight excluding hydrogens is 378 g/mol. The average molecular weight is 398 g/mol. The SMILES string of the molecule is CC1(C)CC(=O)C2=C(C1)Nc1ccc(Cl)cc1NC2c1ccc([N+](=O)[O-])cc1. The van der Waals surface area contributed by atoms with Gasteiger partial charge in [-0.2, -0.15) is 0 Å². The molecule has 2 aromatic rings. The van der Waals surface area contributed by atoms with Gasteiger partial charge >= 0.3 is 0 Å². The van der Waals surface area contributed by atoms with Crippen LogP contribution >= 0.6 is 11.6 Å². The van der Waals surface area contributed by atoms with Crippen LogP contribution in [0.5, 0.6) is 0 Å². The molecule has 1 atom stereocenters. The molecule has 1 heterocycles. The van der Waals surface area contributed by atoms with E-state index in [9.17, 15) is 14.9 Å². The molecule has 0 bridgehead atoms. The Morgan fingerprint density at radius 3 is 2.50 bits per heavy atom. The van der Waals surface area contributed by atoms with Gasteiger partial charge in [-0.1, -0.05) is 25.4 Å². The van der Waals surface area contributed by atoms with Crippen LogP contribution in [0.15, 0.2) is 53.7 Å². The van der Waals surface area contributed by atoms with Crippen molar-refractivity contribution in [1.29, 1.82) is 0 Å². The van der Waals surface area contributed by atoms with Gasteiger partial charge in [0.05, 0.1) is 22.3 Å². The van der Waals surface area contributed by atoms with Crippen LogP contribution in [0.2, 0.25) is 5.02 Å². The van der Waals surface area contributed by atoms with Gasteiger partial charge in [0.15, 0.2) is 5.78 Å². The van der Waals surface area contributed by atoms with Crippen molar-refractivity contribution in [2.45, 2.75) is 32.7 Å². The highest BCUT2D eigenvalue weighted by molar-refractivity contribution is 6.31. The number of nitrogens with zero attached hydrogens (tertiary/aromatic N) is 1. The van der Waals surface area contributed by atoms with Crippen LogP contribution in [0.1, 0.15) is 38.3 Å². The number of hydrogen-bond acceptors (Lipinski definition) is 5. The number of anilines is 2. The number of nitro benzene ring substituents is 1. The molecule has 7 heteroatoms. The highest BCUT2D eigenvalue weighted by Crippen LogP contribution is 2.45. The number of benzene rings is 2. The van der Waals surface area contributed by atoms with Crippen LogP contribution < -0.4 is 10.6 Å². The number of nitro groups is 1. The van der Waals surface area contributed by atoms with E-state index >= 15 is 0 Å². The Morgan fingerprint density at radius 1 is 1.11 bits per heavy atom. The van der Waals surface area contributed by atoms with Crippen molar-refractivity contribution in [1.82, 2.24) is 0 Å². The third-order valence-electron chi connectivity index (χ3n) is 5.21. The predicted molar refractivity (Wildman–Crippen MR) is 110 cm³/mol. The van der Waals surface area contributed by atoms with Crippen molar-refractivity contribution >= 4 is 34.4 Å². The molecule has 0 fully saturated rings. The van der Waals surface area contributed by atoms with E-state index in [-0.39, 0.29) is 16.9 Å². The highest BCUT2D eigenvalue weighted by Gasteiger charge is 2.38. The van der Waals surface area contributed by atoms with Crippen LogP contribution in [-0.2, 0) is 4.79 Å². The molecule has 0 saturated carbocycles. The molecule has 0 aromatic heterocycles. The number of ketones is 1. The van der Waals surface area contributed by atoms with Gasteiger partial charge in [0.1, 0.15) is 0 Å². The molecule has 0 radical (unpaired) electrons. The number of carbonyl (C=O) groups is 1. The van der Waals surface area contributed by atoms with Gasteiger partial charge in [0, 0.05) is 34.8 Å². The van der Waals surface area contributed by atoms with Gasteiger partial charge in [-0.15, -0.1) is 0 Å². The van der Waals surface area contributed by atoms with E-state index in [1.54, 1.807) is 18.2 Å². The number of Topliss-reactive ketones (excluding diaryl/α,β-unsaturated/α-hetero) is 1. The third-order valence-corrected chi connectivity index (χ3v) is 5.45. The highest BCUT2D eigenvalue weighted by atomic mass is 35.5. The van der Waals surface area contributed by atoms with E-state index in [2.05, 4.69) is 24.5 Å². The van der Waals surface area contributed by atoms with Gasteiger partial charge in [-0.05, 0) is 47.7 Å². The Kier molecular flexibility index (Phi) is 4.38. The van der Waals surface area contributed by atoms with Crippen LogP contribution in [0.3, 0.4) is 0 Å². The lowest BCUT2D eigenvalue weighted by molar-refractivity contribution is -0.384. The minimum absolute atomic E-state index is 0.0178. The molecule has 2 aromatic carbocycles. The first kappa shape index (κ1) is 18.5. The Balaban J connectivity index is 1.86. The summed E-state index contributed by atoms with van der Waals surface area (Å²) in [6.45, 7) is 4.16. The predicted octanol–water partition coefficient (Wildman–Crippen LogP) is 5.47. The van der Waals surface area contributed by atoms with E-state index < -0.39 is 11.0 Å². The van der Waals surface area contributed by atoms with Gasteiger partial charge < -0.3 is 10.6 Å². The van der Waals surface area contributed by atoms with Crippen LogP contribution in [0.4, 0.5) is 17.1 Å². The number of nitrogens with one attached hydrogen (secondary N) is 2. The maximum atomic E-state index is 13.1. The Morgan fingerprint density at radius 2 is 1.82 bits per heavy atom. The fourth-order valence-corrected chi connectivity index (χ4v) is 4.13. The number of hydrogen-bond donors (Lipinski definition) is 2. The molecule has 2 N–H and O–H groups in total. The Bertz CT molecular complexity index is 1010. The minimum Gasteiger partial charge on any atom is -0.372 e. The second-order valence-electron chi connectivity index (χ2n) is 8.07. The first-order chi connectivity index (χ1) is 13.2. The number of fused-ring (bicyclic) bond motifs is 1. The summed E-state index contributed by atoms with van der Waals surface area (Å²) in [6, 6.07) is 11.4. The fraction of sp³-hybridized carbons (Fsp3) is 0.286. The average Bonchev–Trinajstić information content (AvgIpc) is 2.77. The smallest absolute Gasteiger partial charge is 0.269 e. The summed E-state index contributed by atoms with van der Waals surface area (Å²) in [4.78, 5) is 23.7. The lowest BCUT2D eigenvalue weighted by atomic mass is 9.73. The monoisotopic (exact) mass is 397 g/mol. The number of halogens is 1. The van der Waals surface area contributed by atoms with Crippen molar-refractivity contribution in [2.24, 2.45) is 5.41 Å². The fourth-order valence-electron chi connectivity index (χ4n) is 3.95. The second kappa shape index (κ2) is 6.63. The van der Waals surface area contributed by atoms with E-state index in [1.807, 2.05) is 12.1 Å². The summed E-state index contributed by atoms with van der Waals surface area (Å²) in [5.74, 6) is 0.0773. The van der Waals surface area contributed by atoms with E-state index in [0.717, 1.165) is 29.1 Å². The summed E-state index contributed by atoms with van der Waals surface area (Å²) in [5.41, 5.74) is 3.88. The molecule has 1 aliphatic carbocycles. The minimum atomic E-state index is -0.431. The maximum absolute atomic E-state index is 13.1. The molecule has 0 amide bonds. The van der Waals surface area contributed by atoms with Crippen molar-refractivity contribution in [3.63, 3.8) is 0 Å². The number of non-ortho nitro benzene ring substituents is 1. The van der Waals surface area contributed by atoms with E-state index in [1.165, 1.54) is 12.1 Å². The van der Waals surface area contributed by atoms with Crippen LogP contribution in [0.25, 0.3) is 0 Å². The van der Waals surface area contributed by atoms with Crippen molar-refractivity contribution < 1.29 is 9.72 Å². The standard InChI is InChI=1S/C21H20ClN3O3/c1-21(2)10-17-19(18(26)11-21)20(12-3-6-14(7-4-12)25(27)28)24-16-9-13(22)5-8-15(16)23-17/h3-9,20,23-24H,10-11H2,1-2H3. The quantitative estimate of drug-likeness (QED) is 0.518. The molecule has 4 rings (SSSR count). The molecule has 1 aliphatic heterocycles. The summed E-state index contributed by atoms with van der Waals surface area (Å²) in [6.07, 6.45) is 1.19. The molecular formula is C21H20ClN3O3. The van der Waals surface area contributed by atoms with Crippen molar-refractivity contribution in [3.05, 3.63) is 74.4 Å². The Labute approximate surface area is 167 Å². The van der Waals surface area contributed by atoms with Gasteiger partial charge in [-0.25, -0.2) is 0 Å². The van der Waals surface area contributed by atoms with E-state index in [0.29, 0.717) is 17.0 Å². The first-order valence-electron chi connectivity index (χ1n) is 9.07. The van der Waals surface area contributed by atoms with Gasteiger partial charge in [-0.3, -0.25) is 14.9 Å². The van der Waals surface area contributed by atoms with Gasteiger partial charge in [0.25, 0.3) is 5.69 Å². The molecule has 144 valence electrons. The lowest BCUT2D eigenvalue weighted by Gasteiger charge is -2.34. The number of rotatable bonds is 2. The van der Waals surface area contributed by atoms with E-state index in [4.69, 9.17) is 11.6 Å². The summed E-state index contributed by atoms with van der Waals surface area (Å²) >= 11 is 6.18. The van der Waals surface area contributed by atoms with Crippen LogP contribution in [0, 0.1) is 15.5 Å². The third kappa shape index (κ3) is 3.36. The first-order valence-corrected chi connectivity index (χ1v) is 9.45. The molecule has 28 heavy (non-hydrogen) atoms. The summed E-state index contributed by atoms with van der Waals surface area (Å²) < 4.78 is 0. The zero-order valence-corrected chi connectivity index (χ0v) is 16.3. The Hall–Kier alpha value is -2.86. The lowest BCUT2D eigenvalue weighted by Crippen LogP contribution is -2.31. The molecule has 6 nitrogen and oxygen atoms in total. The zero-order chi connectivity index (χ0) is 20.1. The van der Waals surface area contributed by atoms with Gasteiger partial charge in [0.2, 0.25) is 0 Å². The molecule has 0 saturated heterocycles. The largest absolute Gasteiger partial charge is 0.372 e. The molecule has 1 unspecified atom stereocenters. The second-order valence-corrected chi connectivity index (χ2v) is 8.51. The van der Waals surface area contributed by atoms with Crippen LogP contribution in [-0.4, -0.2) is 10.7 Å². The van der Waals surface area contributed by atoms with Crippen molar-refractivity contribution in [3.8, 4) is 0 Å². The summed E-state index contributed by atoms with van der Waals surface area (Å²) in [7, 11) is 0. The molecule has 2 aliphatic rings. The molecule has 0 spiro atoms. The van der Waals surface area contributed by atoms with Crippen molar-refractivity contribution in [2.75, 3.05) is 10.6 Å². The number of allylic oxidation sites excluding steroid dienone is 1. The normalized spacial score (nSPS) is 20.4. The maximum Gasteiger partial charge on any atom is 0.269 e. The number of carbonyl (C=O) groups excluding carboxylic acids is 1. The topological polar surface area (TPSA) is 84.3 Å².